The normalized spacial score (nSPS) is 11.8. The molecule has 0 unspecified atom stereocenters. The van der Waals surface area contributed by atoms with E-state index in [1.54, 1.807) is 24.3 Å². The Labute approximate surface area is 84.2 Å². The van der Waals surface area contributed by atoms with Crippen molar-refractivity contribution >= 4 is 38.6 Å². The summed E-state index contributed by atoms with van der Waals surface area (Å²) in [5, 5.41) is 0. The zero-order chi connectivity index (χ0) is 9.14. The zero-order valence-corrected chi connectivity index (χ0v) is 9.33. The minimum absolute atomic E-state index is 0.0945. The maximum Gasteiger partial charge on any atom is 0.152 e. The van der Waals surface area contributed by atoms with Crippen molar-refractivity contribution in [1.82, 2.24) is 0 Å². The molecule has 0 saturated carbocycles. The van der Waals surface area contributed by atoms with Crippen molar-refractivity contribution in [3.63, 3.8) is 0 Å². The van der Waals surface area contributed by atoms with Crippen molar-refractivity contribution in [3.8, 4) is 0 Å². The highest BCUT2D eigenvalue weighted by molar-refractivity contribution is 9.11. The summed E-state index contributed by atoms with van der Waals surface area (Å²) in [6, 6.07) is 3.99. The molecule has 0 atom stereocenters. The number of allylic oxidation sites excluding steroid dienone is 2. The van der Waals surface area contributed by atoms with Crippen LogP contribution in [0.2, 0.25) is 0 Å². The van der Waals surface area contributed by atoms with Crippen molar-refractivity contribution in [2.24, 2.45) is 0 Å². The van der Waals surface area contributed by atoms with E-state index in [9.17, 15) is 4.79 Å². The molecule has 0 N–H and O–H groups in total. The highest BCUT2D eigenvalue weighted by Crippen LogP contribution is 2.27. The lowest BCUT2D eigenvalue weighted by atomic mass is 10.2. The van der Waals surface area contributed by atoms with Gasteiger partial charge in [-0.25, -0.2) is 0 Å². The van der Waals surface area contributed by atoms with Crippen LogP contribution in [0.25, 0.3) is 5.57 Å². The lowest BCUT2D eigenvalue weighted by Gasteiger charge is -1.92. The van der Waals surface area contributed by atoms with Gasteiger partial charge in [-0.15, -0.1) is 11.3 Å². The monoisotopic (exact) mass is 244 g/mol. The molecule has 0 bridgehead atoms. The molecular weight excluding hydrogens is 236 g/mol. The fourth-order valence-corrected chi connectivity index (χ4v) is 2.26. The van der Waals surface area contributed by atoms with Gasteiger partial charge in [-0.3, -0.25) is 4.79 Å². The van der Waals surface area contributed by atoms with Gasteiger partial charge in [0, 0.05) is 4.88 Å². The number of thiophene rings is 1. The molecule has 1 rings (SSSR count). The summed E-state index contributed by atoms with van der Waals surface area (Å²) in [6.07, 6.45) is 1.65. The van der Waals surface area contributed by atoms with Gasteiger partial charge in [-0.2, -0.15) is 0 Å². The molecule has 12 heavy (non-hydrogen) atoms. The summed E-state index contributed by atoms with van der Waals surface area (Å²) in [5.74, 6) is 0.0945. The third-order valence-corrected chi connectivity index (χ3v) is 3.14. The smallest absolute Gasteiger partial charge is 0.152 e. The van der Waals surface area contributed by atoms with E-state index in [2.05, 4.69) is 15.9 Å². The number of rotatable bonds is 2. The van der Waals surface area contributed by atoms with Crippen molar-refractivity contribution in [1.29, 1.82) is 0 Å². The van der Waals surface area contributed by atoms with Gasteiger partial charge in [-0.1, -0.05) is 0 Å². The van der Waals surface area contributed by atoms with Crippen molar-refractivity contribution in [2.45, 2.75) is 13.8 Å². The number of halogens is 1. The fraction of sp³-hybridized carbons (Fsp3) is 0.222. The Morgan fingerprint density at radius 3 is 2.58 bits per heavy atom. The lowest BCUT2D eigenvalue weighted by molar-refractivity contribution is -0.112. The van der Waals surface area contributed by atoms with E-state index in [0.29, 0.717) is 0 Å². The maximum atomic E-state index is 10.8. The lowest BCUT2D eigenvalue weighted by Crippen LogP contribution is -1.82. The maximum absolute atomic E-state index is 10.8. The summed E-state index contributed by atoms with van der Waals surface area (Å²) >= 11 is 5.01. The second-order valence-electron chi connectivity index (χ2n) is 2.54. The van der Waals surface area contributed by atoms with Crippen LogP contribution in [0.15, 0.2) is 22.0 Å². The first kappa shape index (κ1) is 9.68. The third-order valence-electron chi connectivity index (χ3n) is 1.38. The summed E-state index contributed by atoms with van der Waals surface area (Å²) in [4.78, 5) is 11.9. The highest BCUT2D eigenvalue weighted by Gasteiger charge is 1.99. The molecule has 0 aliphatic heterocycles. The molecule has 1 nitrogen and oxygen atoms in total. The predicted molar refractivity (Wildman–Crippen MR) is 56.4 cm³/mol. The van der Waals surface area contributed by atoms with E-state index in [1.807, 2.05) is 19.1 Å². The third kappa shape index (κ3) is 2.57. The average Bonchev–Trinajstić information content (AvgIpc) is 2.34. The fourth-order valence-electron chi connectivity index (χ4n) is 0.902. The topological polar surface area (TPSA) is 17.1 Å². The second-order valence-corrected chi connectivity index (χ2v) is 5.00. The van der Waals surface area contributed by atoms with E-state index in [1.165, 1.54) is 0 Å². The molecule has 0 aliphatic rings. The van der Waals surface area contributed by atoms with Crippen LogP contribution in [-0.2, 0) is 4.79 Å². The Morgan fingerprint density at radius 1 is 1.50 bits per heavy atom. The minimum Gasteiger partial charge on any atom is -0.295 e. The van der Waals surface area contributed by atoms with Crippen LogP contribution in [0.3, 0.4) is 0 Å². The molecule has 3 heteroatoms. The molecule has 0 saturated heterocycles. The van der Waals surface area contributed by atoms with Gasteiger partial charge in [0.25, 0.3) is 0 Å². The second kappa shape index (κ2) is 4.01. The van der Waals surface area contributed by atoms with Crippen molar-refractivity contribution in [3.05, 3.63) is 26.9 Å². The van der Waals surface area contributed by atoms with Gasteiger partial charge in [-0.05, 0) is 53.6 Å². The molecule has 0 amide bonds. The zero-order valence-electron chi connectivity index (χ0n) is 6.93. The molecule has 0 aliphatic carbocycles. The van der Waals surface area contributed by atoms with Crippen LogP contribution >= 0.6 is 27.3 Å². The van der Waals surface area contributed by atoms with Gasteiger partial charge < -0.3 is 0 Å². The van der Waals surface area contributed by atoms with Crippen LogP contribution in [0.5, 0.6) is 0 Å². The number of ketones is 1. The van der Waals surface area contributed by atoms with Crippen LogP contribution in [0, 0.1) is 0 Å². The van der Waals surface area contributed by atoms with E-state index >= 15 is 0 Å². The van der Waals surface area contributed by atoms with Crippen LogP contribution < -0.4 is 0 Å². The van der Waals surface area contributed by atoms with Crippen LogP contribution in [0.1, 0.15) is 18.7 Å². The molecule has 1 aromatic rings. The minimum atomic E-state index is 0.0945. The van der Waals surface area contributed by atoms with Crippen molar-refractivity contribution in [2.75, 3.05) is 0 Å². The molecule has 0 fully saturated rings. The first-order valence-electron chi connectivity index (χ1n) is 3.54. The quantitative estimate of drug-likeness (QED) is 0.729. The first-order chi connectivity index (χ1) is 5.59. The standard InChI is InChI=1S/C9H9BrOS/c1-6(5-7(2)11)8-3-4-9(10)12-8/h3-5H,1-2H3/b6-5-. The molecular formula is C9H9BrOS. The van der Waals surface area contributed by atoms with Crippen LogP contribution in [-0.4, -0.2) is 5.78 Å². The molecule has 1 heterocycles. The average molecular weight is 245 g/mol. The van der Waals surface area contributed by atoms with Gasteiger partial charge >= 0.3 is 0 Å². The summed E-state index contributed by atoms with van der Waals surface area (Å²) in [6.45, 7) is 3.51. The highest BCUT2D eigenvalue weighted by atomic mass is 79.9. The van der Waals surface area contributed by atoms with E-state index < -0.39 is 0 Å². The summed E-state index contributed by atoms with van der Waals surface area (Å²) < 4.78 is 1.09. The van der Waals surface area contributed by atoms with Gasteiger partial charge in [0.05, 0.1) is 3.79 Å². The molecule has 0 radical (unpaired) electrons. The Kier molecular flexibility index (Phi) is 3.23. The number of hydrogen-bond acceptors (Lipinski definition) is 2. The molecule has 64 valence electrons. The van der Waals surface area contributed by atoms with E-state index in [0.717, 1.165) is 14.2 Å². The Bertz CT molecular complexity index is 325. The first-order valence-corrected chi connectivity index (χ1v) is 5.15. The van der Waals surface area contributed by atoms with E-state index in [-0.39, 0.29) is 5.78 Å². The summed E-state index contributed by atoms with van der Waals surface area (Å²) in [5.41, 5.74) is 1.03. The van der Waals surface area contributed by atoms with Gasteiger partial charge in [0.2, 0.25) is 0 Å². The Morgan fingerprint density at radius 2 is 2.17 bits per heavy atom. The SMILES string of the molecule is CC(=O)/C=C(/C)c1ccc(Br)s1. The number of carbonyl (C=O) groups is 1. The largest absolute Gasteiger partial charge is 0.295 e. The van der Waals surface area contributed by atoms with Crippen molar-refractivity contribution < 1.29 is 4.79 Å². The summed E-state index contributed by atoms with van der Waals surface area (Å²) in [7, 11) is 0. The molecule has 0 spiro atoms. The number of carbonyl (C=O) groups excluding carboxylic acids is 1. The Hall–Kier alpha value is -0.410. The number of hydrogen-bond donors (Lipinski definition) is 0. The van der Waals surface area contributed by atoms with Gasteiger partial charge in [0.15, 0.2) is 5.78 Å². The molecule has 0 aromatic carbocycles. The van der Waals surface area contributed by atoms with Crippen LogP contribution in [0.4, 0.5) is 0 Å². The van der Waals surface area contributed by atoms with E-state index in [4.69, 9.17) is 0 Å². The Balaban J connectivity index is 2.91. The predicted octanol–water partition coefficient (Wildman–Crippen LogP) is 3.50. The van der Waals surface area contributed by atoms with Gasteiger partial charge in [0.1, 0.15) is 0 Å². The molecule has 1 aromatic heterocycles.